The highest BCUT2D eigenvalue weighted by Crippen LogP contribution is 2.42. The van der Waals surface area contributed by atoms with Gasteiger partial charge in [0.05, 0.1) is 24.3 Å². The number of ether oxygens (including phenoxy) is 2. The monoisotopic (exact) mass is 529 g/mol. The van der Waals surface area contributed by atoms with Gasteiger partial charge in [-0.25, -0.2) is 9.79 Å². The van der Waals surface area contributed by atoms with Crippen LogP contribution >= 0.6 is 43.2 Å². The van der Waals surface area contributed by atoms with Gasteiger partial charge in [-0.05, 0) is 83.0 Å². The van der Waals surface area contributed by atoms with Crippen molar-refractivity contribution >= 4 is 60.4 Å². The molecule has 1 aliphatic carbocycles. The van der Waals surface area contributed by atoms with Crippen LogP contribution in [0.1, 0.15) is 53.1 Å². The topological polar surface area (TPSA) is 68.1 Å². The summed E-state index contributed by atoms with van der Waals surface area (Å²) in [6.45, 7) is 4.40. The Morgan fingerprint density at radius 3 is 2.75 bits per heavy atom. The Kier molecular flexibility index (Phi) is 7.17. The number of carbonyl (C=O) groups excluding carboxylic acids is 1. The summed E-state index contributed by atoms with van der Waals surface area (Å²) in [6, 6.07) is 1.70. The van der Waals surface area contributed by atoms with Crippen molar-refractivity contribution in [3.63, 3.8) is 0 Å². The highest BCUT2D eigenvalue weighted by molar-refractivity contribution is 9.13. The van der Waals surface area contributed by atoms with E-state index in [-0.39, 0.29) is 11.7 Å². The third-order valence-electron chi connectivity index (χ3n) is 4.44. The van der Waals surface area contributed by atoms with Gasteiger partial charge in [-0.3, -0.25) is 0 Å². The number of aromatic hydroxyl groups is 1. The van der Waals surface area contributed by atoms with E-state index >= 15 is 0 Å². The zero-order valence-electron chi connectivity index (χ0n) is 15.7. The Hall–Kier alpha value is -1.38. The summed E-state index contributed by atoms with van der Waals surface area (Å²) in [5.74, 6) is 0.0383. The number of hydrogen-bond acceptors (Lipinski definition) is 6. The highest BCUT2D eigenvalue weighted by Gasteiger charge is 2.26. The van der Waals surface area contributed by atoms with E-state index in [1.54, 1.807) is 19.2 Å². The van der Waals surface area contributed by atoms with Crippen LogP contribution in [0.15, 0.2) is 20.0 Å². The number of hydrogen-bond donors (Lipinski definition) is 1. The van der Waals surface area contributed by atoms with Crippen molar-refractivity contribution in [1.29, 1.82) is 0 Å². The van der Waals surface area contributed by atoms with Crippen LogP contribution in [0.5, 0.6) is 11.5 Å². The summed E-state index contributed by atoms with van der Waals surface area (Å²) in [4.78, 5) is 18.3. The van der Waals surface area contributed by atoms with Crippen LogP contribution in [0.25, 0.3) is 0 Å². The summed E-state index contributed by atoms with van der Waals surface area (Å²) < 4.78 is 12.2. The molecule has 150 valence electrons. The first-order chi connectivity index (χ1) is 13.5. The Labute approximate surface area is 185 Å². The van der Waals surface area contributed by atoms with Gasteiger partial charge in [-0.1, -0.05) is 0 Å². The van der Waals surface area contributed by atoms with Crippen molar-refractivity contribution < 1.29 is 19.4 Å². The lowest BCUT2D eigenvalue weighted by Gasteiger charge is -2.12. The summed E-state index contributed by atoms with van der Waals surface area (Å²) in [6.07, 6.45) is 5.58. The second-order valence-electron chi connectivity index (χ2n) is 6.24. The molecular formula is C20H21Br2NO4S. The molecule has 0 unspecified atom stereocenters. The fraction of sp³-hybridized carbons (Fsp3) is 0.400. The Balaban J connectivity index is 2.06. The summed E-state index contributed by atoms with van der Waals surface area (Å²) in [7, 11) is 0. The molecule has 3 rings (SSSR count). The molecule has 0 radical (unpaired) electrons. The number of nitrogens with zero attached hydrogens (tertiary/aromatic N) is 1. The Morgan fingerprint density at radius 1 is 1.29 bits per heavy atom. The quantitative estimate of drug-likeness (QED) is 0.357. The van der Waals surface area contributed by atoms with Crippen LogP contribution in [-0.4, -0.2) is 30.5 Å². The normalized spacial score (nSPS) is 13.6. The molecule has 0 amide bonds. The van der Waals surface area contributed by atoms with Crippen LogP contribution in [0, 0.1) is 0 Å². The lowest BCUT2D eigenvalue weighted by molar-refractivity contribution is 0.0526. The Morgan fingerprint density at radius 2 is 2.04 bits per heavy atom. The predicted octanol–water partition coefficient (Wildman–Crippen LogP) is 6.18. The van der Waals surface area contributed by atoms with Gasteiger partial charge in [-0.2, -0.15) is 0 Å². The van der Waals surface area contributed by atoms with Crippen LogP contribution in [-0.2, 0) is 17.6 Å². The van der Waals surface area contributed by atoms with E-state index < -0.39 is 0 Å². The van der Waals surface area contributed by atoms with Crippen LogP contribution in [0.4, 0.5) is 5.00 Å². The van der Waals surface area contributed by atoms with Gasteiger partial charge in [0.1, 0.15) is 5.00 Å². The number of rotatable bonds is 6. The molecule has 0 aliphatic heterocycles. The fourth-order valence-electron chi connectivity index (χ4n) is 3.17. The van der Waals surface area contributed by atoms with Gasteiger partial charge in [0.25, 0.3) is 0 Å². The van der Waals surface area contributed by atoms with Crippen molar-refractivity contribution in [2.75, 3.05) is 13.2 Å². The van der Waals surface area contributed by atoms with Crippen molar-refractivity contribution in [2.24, 2.45) is 4.99 Å². The van der Waals surface area contributed by atoms with Crippen molar-refractivity contribution in [2.45, 2.75) is 39.5 Å². The molecule has 1 aliphatic rings. The number of esters is 1. The molecule has 0 saturated heterocycles. The van der Waals surface area contributed by atoms with Gasteiger partial charge in [0, 0.05) is 20.0 Å². The van der Waals surface area contributed by atoms with E-state index in [1.807, 2.05) is 6.92 Å². The molecule has 0 fully saturated rings. The molecule has 2 aromatic rings. The van der Waals surface area contributed by atoms with Crippen molar-refractivity contribution in [3.05, 3.63) is 36.6 Å². The minimum Gasteiger partial charge on any atom is -0.504 e. The van der Waals surface area contributed by atoms with Gasteiger partial charge in [0.15, 0.2) is 11.5 Å². The molecule has 1 aromatic heterocycles. The van der Waals surface area contributed by atoms with Gasteiger partial charge in [0.2, 0.25) is 0 Å². The standard InChI is InChI=1S/C20H21Br2NO4S/c1-3-26-14-9-13(21)17(22)12(18(14)24)10-23-19-16(20(25)27-4-2)11-7-5-6-8-15(11)28-19/h9-10,24H,3-8H2,1-2H3/b23-10+. The van der Waals surface area contributed by atoms with Crippen LogP contribution < -0.4 is 4.74 Å². The molecule has 5 nitrogen and oxygen atoms in total. The molecule has 1 heterocycles. The zero-order chi connectivity index (χ0) is 20.3. The van der Waals surface area contributed by atoms with E-state index in [0.29, 0.717) is 39.6 Å². The smallest absolute Gasteiger partial charge is 0.341 e. The third kappa shape index (κ3) is 4.28. The van der Waals surface area contributed by atoms with E-state index in [2.05, 4.69) is 36.9 Å². The van der Waals surface area contributed by atoms with E-state index in [0.717, 1.165) is 35.7 Å². The SMILES string of the molecule is CCOC(=O)c1c(/N=C/c2c(O)c(OCC)cc(Br)c2Br)sc2c1CCCC2. The largest absolute Gasteiger partial charge is 0.504 e. The van der Waals surface area contributed by atoms with E-state index in [1.165, 1.54) is 16.2 Å². The maximum Gasteiger partial charge on any atom is 0.341 e. The minimum absolute atomic E-state index is 0.000297. The number of benzene rings is 1. The second kappa shape index (κ2) is 9.41. The van der Waals surface area contributed by atoms with Gasteiger partial charge >= 0.3 is 5.97 Å². The number of halogens is 2. The zero-order valence-corrected chi connectivity index (χ0v) is 19.7. The van der Waals surface area contributed by atoms with Crippen LogP contribution in [0.2, 0.25) is 0 Å². The first-order valence-corrected chi connectivity index (χ1v) is 11.6. The Bertz CT molecular complexity index is 924. The first-order valence-electron chi connectivity index (χ1n) is 9.17. The molecule has 0 spiro atoms. The number of phenolic OH excluding ortho intramolecular Hbond substituents is 1. The highest BCUT2D eigenvalue weighted by atomic mass is 79.9. The summed E-state index contributed by atoms with van der Waals surface area (Å²) in [5.41, 5.74) is 2.11. The molecule has 28 heavy (non-hydrogen) atoms. The number of aliphatic imine (C=N–C) groups is 1. The lowest BCUT2D eigenvalue weighted by atomic mass is 9.95. The number of thiophene rings is 1. The van der Waals surface area contributed by atoms with Gasteiger partial charge in [-0.15, -0.1) is 11.3 Å². The summed E-state index contributed by atoms with van der Waals surface area (Å²) >= 11 is 8.47. The predicted molar refractivity (Wildman–Crippen MR) is 119 cm³/mol. The number of fused-ring (bicyclic) bond motifs is 1. The minimum atomic E-state index is -0.332. The average Bonchev–Trinajstić information content (AvgIpc) is 3.05. The molecule has 1 N–H and O–H groups in total. The maximum atomic E-state index is 12.6. The average molecular weight is 531 g/mol. The lowest BCUT2D eigenvalue weighted by Crippen LogP contribution is -2.09. The number of carbonyl (C=O) groups is 1. The molecule has 0 saturated carbocycles. The number of aryl methyl sites for hydroxylation is 1. The van der Waals surface area contributed by atoms with Crippen molar-refractivity contribution in [1.82, 2.24) is 0 Å². The fourth-order valence-corrected chi connectivity index (χ4v) is 5.22. The van der Waals surface area contributed by atoms with E-state index in [9.17, 15) is 9.90 Å². The first kappa shape index (κ1) is 21.3. The molecule has 0 bridgehead atoms. The molecule has 8 heteroatoms. The molecule has 0 atom stereocenters. The summed E-state index contributed by atoms with van der Waals surface area (Å²) in [5, 5.41) is 11.2. The van der Waals surface area contributed by atoms with Crippen molar-refractivity contribution in [3.8, 4) is 11.5 Å². The van der Waals surface area contributed by atoms with Gasteiger partial charge < -0.3 is 14.6 Å². The van der Waals surface area contributed by atoms with E-state index in [4.69, 9.17) is 9.47 Å². The number of phenols is 1. The maximum absolute atomic E-state index is 12.6. The van der Waals surface area contributed by atoms with Crippen LogP contribution in [0.3, 0.4) is 0 Å². The second-order valence-corrected chi connectivity index (χ2v) is 8.97. The third-order valence-corrected chi connectivity index (χ3v) is 7.65. The molecular weight excluding hydrogens is 510 g/mol. The molecule has 1 aromatic carbocycles.